The summed E-state index contributed by atoms with van der Waals surface area (Å²) in [6.45, 7) is 4.59. The largest absolute Gasteiger partial charge is 0.381 e. The van der Waals surface area contributed by atoms with Gasteiger partial charge in [-0.2, -0.15) is 10.2 Å². The Bertz CT molecular complexity index is 1470. The molecule has 1 fully saturated rings. The second-order valence-corrected chi connectivity index (χ2v) is 8.95. The molecule has 0 bridgehead atoms. The number of anilines is 2. The Kier molecular flexibility index (Phi) is 5.33. The third-order valence-electron chi connectivity index (χ3n) is 6.69. The number of fused-ring (bicyclic) bond motifs is 1. The lowest BCUT2D eigenvalue weighted by molar-refractivity contribution is 0.101. The summed E-state index contributed by atoms with van der Waals surface area (Å²) in [4.78, 5) is 17.9. The van der Waals surface area contributed by atoms with Crippen LogP contribution in [-0.2, 0) is 5.60 Å². The number of H-pyrrole nitrogens is 1. The summed E-state index contributed by atoms with van der Waals surface area (Å²) in [7, 11) is 0. The first kappa shape index (κ1) is 22.1. The molecule has 182 valence electrons. The first-order chi connectivity index (χ1) is 17.5. The molecule has 36 heavy (non-hydrogen) atoms. The van der Waals surface area contributed by atoms with Crippen molar-refractivity contribution in [2.24, 2.45) is 0 Å². The number of nitrogens with one attached hydrogen (secondary N) is 1. The quantitative estimate of drug-likeness (QED) is 0.391. The molecule has 1 saturated heterocycles. The topological polar surface area (TPSA) is 111 Å². The van der Waals surface area contributed by atoms with Crippen molar-refractivity contribution in [2.45, 2.75) is 12.5 Å². The summed E-state index contributed by atoms with van der Waals surface area (Å²) in [6.07, 6.45) is 10.4. The van der Waals surface area contributed by atoms with E-state index < -0.39 is 5.60 Å². The number of piperazine rings is 1. The average molecular weight is 486 g/mol. The number of nitrogens with zero attached hydrogens (tertiary/aromatic N) is 8. The predicted molar refractivity (Wildman–Crippen MR) is 132 cm³/mol. The van der Waals surface area contributed by atoms with Gasteiger partial charge in [0.05, 0.1) is 6.20 Å². The van der Waals surface area contributed by atoms with Crippen LogP contribution in [0, 0.1) is 5.82 Å². The van der Waals surface area contributed by atoms with Crippen LogP contribution in [0.25, 0.3) is 16.6 Å². The van der Waals surface area contributed by atoms with Gasteiger partial charge in [-0.3, -0.25) is 5.10 Å². The van der Waals surface area contributed by atoms with E-state index >= 15 is 0 Å². The lowest BCUT2D eigenvalue weighted by Gasteiger charge is -2.35. The van der Waals surface area contributed by atoms with Crippen molar-refractivity contribution in [2.75, 3.05) is 36.0 Å². The highest BCUT2D eigenvalue weighted by atomic mass is 19.1. The van der Waals surface area contributed by atoms with Crippen LogP contribution in [0.3, 0.4) is 0 Å². The molecule has 0 saturated carbocycles. The first-order valence-electron chi connectivity index (χ1n) is 11.6. The van der Waals surface area contributed by atoms with Gasteiger partial charge in [0.2, 0.25) is 5.95 Å². The molecule has 0 aliphatic carbocycles. The number of aliphatic hydroxyl groups is 1. The molecule has 1 atom stereocenters. The van der Waals surface area contributed by atoms with E-state index in [4.69, 9.17) is 0 Å². The van der Waals surface area contributed by atoms with Crippen LogP contribution in [0.2, 0.25) is 0 Å². The standard InChI is InChI=1S/C25H24FN9O/c1-25(36,19-2-4-21(26)5-3-19)20-13-27-24(28-14-20)34-8-6-33(7-9-34)23-22-10-17(18-11-30-31-12-18)15-35(22)32-16-29-23/h2-5,10-16,36H,6-9H2,1H3,(H,30,31). The second kappa shape index (κ2) is 8.68. The molecule has 10 nitrogen and oxygen atoms in total. The molecule has 1 aliphatic rings. The minimum absolute atomic E-state index is 0.349. The zero-order valence-electron chi connectivity index (χ0n) is 19.6. The number of aromatic amines is 1. The number of rotatable bonds is 5. The van der Waals surface area contributed by atoms with Gasteiger partial charge in [-0.25, -0.2) is 23.9 Å². The summed E-state index contributed by atoms with van der Waals surface area (Å²) >= 11 is 0. The van der Waals surface area contributed by atoms with Crippen molar-refractivity contribution in [3.63, 3.8) is 0 Å². The molecule has 5 aromatic rings. The van der Waals surface area contributed by atoms with Crippen molar-refractivity contribution in [3.8, 4) is 11.1 Å². The van der Waals surface area contributed by atoms with Gasteiger partial charge in [0.15, 0.2) is 5.82 Å². The van der Waals surface area contributed by atoms with E-state index in [2.05, 4.69) is 46.1 Å². The fourth-order valence-corrected chi connectivity index (χ4v) is 4.52. The molecule has 0 amide bonds. The normalized spacial score (nSPS) is 15.9. The minimum Gasteiger partial charge on any atom is -0.381 e. The molecule has 1 aliphatic heterocycles. The van der Waals surface area contributed by atoms with Crippen molar-refractivity contribution < 1.29 is 9.50 Å². The van der Waals surface area contributed by atoms with E-state index in [9.17, 15) is 9.50 Å². The van der Waals surface area contributed by atoms with Crippen LogP contribution in [0.1, 0.15) is 18.1 Å². The molecule has 5 heterocycles. The predicted octanol–water partition coefficient (Wildman–Crippen LogP) is 2.63. The highest BCUT2D eigenvalue weighted by molar-refractivity contribution is 5.77. The third-order valence-corrected chi connectivity index (χ3v) is 6.69. The Labute approximate surface area is 206 Å². The summed E-state index contributed by atoms with van der Waals surface area (Å²) in [6, 6.07) is 7.86. The van der Waals surface area contributed by atoms with Gasteiger partial charge in [0, 0.05) is 67.7 Å². The van der Waals surface area contributed by atoms with E-state index in [1.54, 1.807) is 44.0 Å². The van der Waals surface area contributed by atoms with Crippen LogP contribution in [-0.4, -0.2) is 66.0 Å². The van der Waals surface area contributed by atoms with E-state index in [1.807, 2.05) is 16.9 Å². The molecular formula is C25H24FN9O. The fraction of sp³-hybridized carbons (Fsp3) is 0.240. The van der Waals surface area contributed by atoms with Gasteiger partial charge in [-0.15, -0.1) is 0 Å². The Morgan fingerprint density at radius 1 is 0.917 bits per heavy atom. The van der Waals surface area contributed by atoms with Gasteiger partial charge in [-0.05, 0) is 30.7 Å². The van der Waals surface area contributed by atoms with E-state index in [0.29, 0.717) is 17.1 Å². The van der Waals surface area contributed by atoms with Gasteiger partial charge >= 0.3 is 0 Å². The second-order valence-electron chi connectivity index (χ2n) is 8.95. The molecular weight excluding hydrogens is 461 g/mol. The highest BCUT2D eigenvalue weighted by Crippen LogP contribution is 2.30. The van der Waals surface area contributed by atoms with Crippen molar-refractivity contribution in [1.29, 1.82) is 0 Å². The van der Waals surface area contributed by atoms with Gasteiger partial charge in [0.1, 0.15) is 23.3 Å². The van der Waals surface area contributed by atoms with Gasteiger partial charge in [-0.1, -0.05) is 12.1 Å². The van der Waals surface area contributed by atoms with Crippen molar-refractivity contribution in [1.82, 2.24) is 34.8 Å². The molecule has 0 radical (unpaired) electrons. The maximum Gasteiger partial charge on any atom is 0.225 e. The van der Waals surface area contributed by atoms with E-state index in [0.717, 1.165) is 48.6 Å². The SMILES string of the molecule is CC(O)(c1ccc(F)cc1)c1cnc(N2CCN(c3ncnn4cc(-c5cn[nH]c5)cc34)CC2)nc1. The molecule has 0 spiro atoms. The Hall–Kier alpha value is -4.38. The third kappa shape index (κ3) is 3.93. The van der Waals surface area contributed by atoms with Crippen LogP contribution in [0.15, 0.2) is 67.6 Å². The zero-order chi connectivity index (χ0) is 24.7. The lowest BCUT2D eigenvalue weighted by Crippen LogP contribution is -2.47. The number of benzene rings is 1. The van der Waals surface area contributed by atoms with Crippen LogP contribution in [0.4, 0.5) is 16.2 Å². The number of hydrogen-bond acceptors (Lipinski definition) is 8. The molecule has 1 aromatic carbocycles. The van der Waals surface area contributed by atoms with Gasteiger partial charge < -0.3 is 14.9 Å². The molecule has 6 rings (SSSR count). The van der Waals surface area contributed by atoms with Crippen LogP contribution < -0.4 is 9.80 Å². The maximum atomic E-state index is 13.3. The van der Waals surface area contributed by atoms with E-state index in [1.165, 1.54) is 12.1 Å². The van der Waals surface area contributed by atoms with E-state index in [-0.39, 0.29) is 5.82 Å². The number of aromatic nitrogens is 7. The molecule has 1 unspecified atom stereocenters. The first-order valence-corrected chi connectivity index (χ1v) is 11.6. The maximum absolute atomic E-state index is 13.3. The Morgan fingerprint density at radius 3 is 2.33 bits per heavy atom. The number of halogens is 1. The van der Waals surface area contributed by atoms with Crippen LogP contribution >= 0.6 is 0 Å². The lowest BCUT2D eigenvalue weighted by atomic mass is 9.90. The summed E-state index contributed by atoms with van der Waals surface area (Å²) in [5, 5.41) is 22.3. The highest BCUT2D eigenvalue weighted by Gasteiger charge is 2.28. The Balaban J connectivity index is 1.17. The minimum atomic E-state index is -1.32. The van der Waals surface area contributed by atoms with Crippen molar-refractivity contribution >= 4 is 17.3 Å². The Morgan fingerprint density at radius 2 is 1.64 bits per heavy atom. The summed E-state index contributed by atoms with van der Waals surface area (Å²) in [5.41, 5.74) is 2.75. The monoisotopic (exact) mass is 485 g/mol. The van der Waals surface area contributed by atoms with Crippen LogP contribution in [0.5, 0.6) is 0 Å². The summed E-state index contributed by atoms with van der Waals surface area (Å²) in [5.74, 6) is 1.13. The zero-order valence-corrected chi connectivity index (χ0v) is 19.6. The van der Waals surface area contributed by atoms with Crippen molar-refractivity contribution in [3.05, 3.63) is 84.6 Å². The molecule has 2 N–H and O–H groups in total. The summed E-state index contributed by atoms with van der Waals surface area (Å²) < 4.78 is 15.1. The molecule has 4 aromatic heterocycles. The molecule has 11 heteroatoms. The average Bonchev–Trinajstić information content (AvgIpc) is 3.59. The smallest absolute Gasteiger partial charge is 0.225 e. The fourth-order valence-electron chi connectivity index (χ4n) is 4.52. The number of hydrogen-bond donors (Lipinski definition) is 2. The van der Waals surface area contributed by atoms with Gasteiger partial charge in [0.25, 0.3) is 0 Å².